The van der Waals surface area contributed by atoms with E-state index in [4.69, 9.17) is 20.8 Å². The highest BCUT2D eigenvalue weighted by Gasteiger charge is 2.36. The van der Waals surface area contributed by atoms with Crippen LogP contribution in [0.25, 0.3) is 17.4 Å². The molecule has 39 heavy (non-hydrogen) atoms. The lowest BCUT2D eigenvalue weighted by atomic mass is 10.1. The number of benzene rings is 2. The van der Waals surface area contributed by atoms with Crippen LogP contribution in [0.5, 0.6) is 0 Å². The predicted molar refractivity (Wildman–Crippen MR) is 147 cm³/mol. The molecule has 13 heteroatoms. The zero-order valence-corrected chi connectivity index (χ0v) is 21.9. The molecule has 3 heterocycles. The number of nitro benzene ring substituents is 1. The van der Waals surface area contributed by atoms with E-state index in [1.807, 2.05) is 12.1 Å². The number of nitrogens with one attached hydrogen (secondary N) is 1. The van der Waals surface area contributed by atoms with Gasteiger partial charge < -0.3 is 19.4 Å². The van der Waals surface area contributed by atoms with Crippen molar-refractivity contribution in [3.63, 3.8) is 0 Å². The van der Waals surface area contributed by atoms with Gasteiger partial charge in [-0.2, -0.15) is 0 Å². The van der Waals surface area contributed by atoms with Gasteiger partial charge in [0.15, 0.2) is 0 Å². The summed E-state index contributed by atoms with van der Waals surface area (Å²) >= 11 is 6.57. The highest BCUT2D eigenvalue weighted by Crippen LogP contribution is 2.35. The smallest absolute Gasteiger partial charge is 0.294 e. The second kappa shape index (κ2) is 11.3. The molecule has 11 nitrogen and oxygen atoms in total. The summed E-state index contributed by atoms with van der Waals surface area (Å²) in [6, 6.07) is 14.7. The summed E-state index contributed by atoms with van der Waals surface area (Å²) in [6.07, 6.45) is 1.39. The van der Waals surface area contributed by atoms with Crippen molar-refractivity contribution in [2.24, 2.45) is 0 Å². The fraction of sp³-hybridized carbons (Fsp3) is 0.192. The van der Waals surface area contributed by atoms with E-state index >= 15 is 0 Å². The fourth-order valence-corrected chi connectivity index (χ4v) is 5.15. The summed E-state index contributed by atoms with van der Waals surface area (Å²) in [5, 5.41) is 13.4. The molecule has 0 atom stereocenters. The van der Waals surface area contributed by atoms with Crippen molar-refractivity contribution in [1.29, 1.82) is 0 Å². The summed E-state index contributed by atoms with van der Waals surface area (Å²) in [4.78, 5) is 52.0. The molecule has 0 aliphatic carbocycles. The van der Waals surface area contributed by atoms with Crippen LogP contribution in [0.15, 0.2) is 63.9 Å². The largest absolute Gasteiger partial charge is 0.457 e. The number of carbonyl (C=O) groups is 3. The quantitative estimate of drug-likeness (QED) is 0.237. The number of halogens is 1. The van der Waals surface area contributed by atoms with Gasteiger partial charge in [-0.15, -0.1) is 0 Å². The van der Waals surface area contributed by atoms with E-state index in [1.54, 1.807) is 30.3 Å². The number of hydrogen-bond acceptors (Lipinski definition) is 9. The second-order valence-electron chi connectivity index (χ2n) is 8.56. The molecule has 0 radical (unpaired) electrons. The van der Waals surface area contributed by atoms with E-state index < -0.39 is 28.5 Å². The van der Waals surface area contributed by atoms with E-state index in [-0.39, 0.29) is 21.4 Å². The van der Waals surface area contributed by atoms with Crippen molar-refractivity contribution < 1.29 is 28.5 Å². The summed E-state index contributed by atoms with van der Waals surface area (Å²) in [5.74, 6) is -0.555. The Morgan fingerprint density at radius 1 is 1.13 bits per heavy atom. The number of nitrogens with zero attached hydrogens (tertiary/aromatic N) is 3. The lowest BCUT2D eigenvalue weighted by Gasteiger charge is -2.30. The molecule has 5 rings (SSSR count). The highest BCUT2D eigenvalue weighted by molar-refractivity contribution is 8.18. The van der Waals surface area contributed by atoms with Gasteiger partial charge in [0.25, 0.3) is 16.8 Å². The average molecular weight is 569 g/mol. The van der Waals surface area contributed by atoms with Crippen LogP contribution in [0.1, 0.15) is 5.76 Å². The van der Waals surface area contributed by atoms with Crippen molar-refractivity contribution in [2.75, 3.05) is 43.1 Å². The third-order valence-corrected chi connectivity index (χ3v) is 7.26. The molecular weight excluding hydrogens is 548 g/mol. The SMILES string of the molecule is O=C(CN1C(=O)S/C(=C/c2ccc(-c3ccc(Cl)c([N+](=O)[O-])c3)o2)C1=O)Nc1ccccc1N1CCOCC1. The van der Waals surface area contributed by atoms with Gasteiger partial charge in [-0.1, -0.05) is 23.7 Å². The molecule has 2 aliphatic rings. The molecule has 3 amide bonds. The van der Waals surface area contributed by atoms with Gasteiger partial charge in [0.2, 0.25) is 5.91 Å². The minimum Gasteiger partial charge on any atom is -0.457 e. The van der Waals surface area contributed by atoms with Gasteiger partial charge in [0.05, 0.1) is 34.4 Å². The van der Waals surface area contributed by atoms with Crippen LogP contribution in [0.3, 0.4) is 0 Å². The van der Waals surface area contributed by atoms with Gasteiger partial charge in [-0.05, 0) is 48.2 Å². The normalized spacial score (nSPS) is 16.7. The number of furan rings is 1. The Balaban J connectivity index is 1.27. The van der Waals surface area contributed by atoms with Crippen molar-refractivity contribution >= 4 is 63.6 Å². The Morgan fingerprint density at radius 2 is 1.90 bits per heavy atom. The van der Waals surface area contributed by atoms with E-state index in [2.05, 4.69) is 10.2 Å². The number of nitro groups is 1. The van der Waals surface area contributed by atoms with Crippen LogP contribution in [-0.4, -0.2) is 59.7 Å². The molecule has 0 unspecified atom stereocenters. The van der Waals surface area contributed by atoms with Gasteiger partial charge in [0, 0.05) is 30.8 Å². The first-order valence-corrected chi connectivity index (χ1v) is 13.0. The van der Waals surface area contributed by atoms with Gasteiger partial charge >= 0.3 is 0 Å². The van der Waals surface area contributed by atoms with Crippen LogP contribution in [-0.2, 0) is 14.3 Å². The number of ether oxygens (including phenoxy) is 1. The van der Waals surface area contributed by atoms with Crippen LogP contribution in [0.2, 0.25) is 5.02 Å². The fourth-order valence-electron chi connectivity index (χ4n) is 4.15. The number of imide groups is 1. The Hall–Kier alpha value is -4.13. The van der Waals surface area contributed by atoms with E-state index in [9.17, 15) is 24.5 Å². The number of thioether (sulfide) groups is 1. The molecule has 2 saturated heterocycles. The maximum atomic E-state index is 12.9. The average Bonchev–Trinajstić information content (AvgIpc) is 3.50. The van der Waals surface area contributed by atoms with Gasteiger partial charge in [-0.3, -0.25) is 29.4 Å². The van der Waals surface area contributed by atoms with Crippen LogP contribution >= 0.6 is 23.4 Å². The maximum Gasteiger partial charge on any atom is 0.294 e. The first kappa shape index (κ1) is 26.5. The van der Waals surface area contributed by atoms with E-state index in [1.165, 1.54) is 18.2 Å². The number of anilines is 2. The number of hydrogen-bond donors (Lipinski definition) is 1. The Labute approximate surface area is 231 Å². The molecule has 200 valence electrons. The van der Waals surface area contributed by atoms with Crippen LogP contribution < -0.4 is 10.2 Å². The zero-order chi connectivity index (χ0) is 27.5. The van der Waals surface area contributed by atoms with E-state index in [0.29, 0.717) is 55.1 Å². The summed E-state index contributed by atoms with van der Waals surface area (Å²) in [5.41, 5.74) is 1.58. The zero-order valence-electron chi connectivity index (χ0n) is 20.3. The molecule has 1 aromatic heterocycles. The van der Waals surface area contributed by atoms with Crippen molar-refractivity contribution in [2.45, 2.75) is 0 Å². The first-order chi connectivity index (χ1) is 18.8. The second-order valence-corrected chi connectivity index (χ2v) is 9.96. The monoisotopic (exact) mass is 568 g/mol. The Kier molecular flexibility index (Phi) is 7.68. The Bertz CT molecular complexity index is 1500. The maximum absolute atomic E-state index is 12.9. The third kappa shape index (κ3) is 5.82. The van der Waals surface area contributed by atoms with Crippen molar-refractivity contribution in [3.05, 3.63) is 80.4 Å². The van der Waals surface area contributed by atoms with Crippen LogP contribution in [0.4, 0.5) is 21.9 Å². The number of para-hydroxylation sites is 2. The van der Waals surface area contributed by atoms with E-state index in [0.717, 1.165) is 10.6 Å². The summed E-state index contributed by atoms with van der Waals surface area (Å²) in [6.45, 7) is 2.09. The minimum atomic E-state index is -0.623. The van der Waals surface area contributed by atoms with Crippen molar-refractivity contribution in [1.82, 2.24) is 4.90 Å². The lowest BCUT2D eigenvalue weighted by Crippen LogP contribution is -2.38. The third-order valence-electron chi connectivity index (χ3n) is 6.03. The standard InChI is InChI=1S/C26H21ClN4O7S/c27-18-7-5-16(13-21(18)31(35)36)22-8-6-17(38-22)14-23-25(33)30(26(34)39-23)15-24(32)28-19-3-1-2-4-20(19)29-9-11-37-12-10-29/h1-8,13-14H,9-12,15H2,(H,28,32)/b23-14+. The number of rotatable bonds is 7. The minimum absolute atomic E-state index is 0.00201. The van der Waals surface area contributed by atoms with Crippen molar-refractivity contribution in [3.8, 4) is 11.3 Å². The lowest BCUT2D eigenvalue weighted by molar-refractivity contribution is -0.384. The molecule has 2 aliphatic heterocycles. The molecule has 0 bridgehead atoms. The molecule has 2 aromatic carbocycles. The van der Waals surface area contributed by atoms with Crippen LogP contribution in [0, 0.1) is 10.1 Å². The number of carbonyl (C=O) groups excluding carboxylic acids is 3. The highest BCUT2D eigenvalue weighted by atomic mass is 35.5. The molecular formula is C26H21ClN4O7S. The topological polar surface area (TPSA) is 135 Å². The molecule has 2 fully saturated rings. The molecule has 3 aromatic rings. The number of amides is 3. The summed E-state index contributed by atoms with van der Waals surface area (Å²) < 4.78 is 11.1. The summed E-state index contributed by atoms with van der Waals surface area (Å²) in [7, 11) is 0. The molecule has 1 N–H and O–H groups in total. The molecule has 0 saturated carbocycles. The Morgan fingerprint density at radius 3 is 2.67 bits per heavy atom. The van der Waals surface area contributed by atoms with Gasteiger partial charge in [0.1, 0.15) is 23.1 Å². The molecule has 0 spiro atoms. The first-order valence-electron chi connectivity index (χ1n) is 11.8. The predicted octanol–water partition coefficient (Wildman–Crippen LogP) is 5.02. The van der Waals surface area contributed by atoms with Gasteiger partial charge in [-0.25, -0.2) is 0 Å². The number of morpholine rings is 1.